The predicted octanol–water partition coefficient (Wildman–Crippen LogP) is -1.20. The second kappa shape index (κ2) is 7.95. The van der Waals surface area contributed by atoms with Crippen LogP contribution < -0.4 is 0 Å². The van der Waals surface area contributed by atoms with Crippen LogP contribution >= 0.6 is 0 Å². The zero-order chi connectivity index (χ0) is 5.15. The maximum absolute atomic E-state index is 9.45. The van der Waals surface area contributed by atoms with Gasteiger partial charge in [-0.1, -0.05) is 0 Å². The van der Waals surface area contributed by atoms with Gasteiger partial charge in [0.1, 0.15) is 6.10 Å². The van der Waals surface area contributed by atoms with E-state index in [9.17, 15) is 4.79 Å². The molecule has 3 nitrogen and oxygen atoms in total. The Morgan fingerprint density at radius 1 is 1.62 bits per heavy atom. The number of carbonyl (C=O) groups is 1. The van der Waals surface area contributed by atoms with Gasteiger partial charge in [-0.3, -0.25) is 0 Å². The number of aliphatic hydroxyl groups is 1. The van der Waals surface area contributed by atoms with E-state index in [0.29, 0.717) is 0 Å². The summed E-state index contributed by atoms with van der Waals surface area (Å²) in [4.78, 5) is 9.45. The fourth-order valence-corrected chi connectivity index (χ4v) is 0. The summed E-state index contributed by atoms with van der Waals surface area (Å²) in [6.45, 7) is 1.20. The molecule has 2 N–H and O–H groups in total. The van der Waals surface area contributed by atoms with Gasteiger partial charge in [0.15, 0.2) is 0 Å². The van der Waals surface area contributed by atoms with Crippen molar-refractivity contribution in [1.82, 2.24) is 0 Å². The Kier molecular flexibility index (Phi) is 15.9. The summed E-state index contributed by atoms with van der Waals surface area (Å²) >= 11 is 0. The topological polar surface area (TPSA) is 57.5 Å². The first-order valence-corrected chi connectivity index (χ1v) is 1.55. The minimum absolute atomic E-state index is 0. The first kappa shape index (κ1) is 16.0. The summed E-state index contributed by atoms with van der Waals surface area (Å²) in [6.07, 6.45) is -1.23. The fourth-order valence-electron chi connectivity index (χ4n) is 0. The zero-order valence-electron chi connectivity index (χ0n) is 3.73. The number of aliphatic carboxylic acids is 1. The van der Waals surface area contributed by atoms with Gasteiger partial charge < -0.3 is 10.2 Å². The first-order chi connectivity index (χ1) is 2.64. The number of aliphatic hydroxyl groups excluding tert-OH is 1. The number of hydrogen-bond donors (Lipinski definition) is 2. The van der Waals surface area contributed by atoms with Gasteiger partial charge in [0.05, 0.1) is 0 Å². The van der Waals surface area contributed by atoms with E-state index in [0.717, 1.165) is 0 Å². The van der Waals surface area contributed by atoms with Crippen molar-refractivity contribution in [1.29, 1.82) is 0 Å². The molecule has 0 radical (unpaired) electrons. The molecule has 0 aliphatic heterocycles. The summed E-state index contributed by atoms with van der Waals surface area (Å²) in [5.74, 6) is -1.19. The molecule has 0 heterocycles. The van der Waals surface area contributed by atoms with Crippen LogP contribution in [0.4, 0.5) is 0 Å². The zero-order valence-corrected chi connectivity index (χ0v) is 4.84. The van der Waals surface area contributed by atoms with E-state index in [1.807, 2.05) is 0 Å². The van der Waals surface area contributed by atoms with Gasteiger partial charge in [0.2, 0.25) is 0 Å². The van der Waals surface area contributed by atoms with E-state index in [4.69, 9.17) is 10.2 Å². The number of rotatable bonds is 1. The number of carboxylic acid groups (broad SMARTS) is 1. The first-order valence-electron chi connectivity index (χ1n) is 1.55. The summed E-state index contributed by atoms with van der Waals surface area (Å²) in [6, 6.07) is 0. The molecule has 46 valence electrons. The third kappa shape index (κ3) is 10.0. The average Bonchev–Trinajstić information content (AvgIpc) is 1.36. The molecule has 1 atom stereocenters. The van der Waals surface area contributed by atoms with Crippen LogP contribution in [-0.4, -0.2) is 51.8 Å². The van der Waals surface area contributed by atoms with Crippen LogP contribution in [0.25, 0.3) is 0 Å². The van der Waals surface area contributed by atoms with Gasteiger partial charge in [0, 0.05) is 17.1 Å². The molecule has 0 saturated heterocycles. The molecule has 0 aromatic carbocycles. The molecule has 0 rings (SSSR count). The van der Waals surface area contributed by atoms with Gasteiger partial charge in [0.25, 0.3) is 0 Å². The Morgan fingerprint density at radius 3 is 1.75 bits per heavy atom. The Labute approximate surface area is 80.2 Å². The number of hydrogen-bond acceptors (Lipinski definition) is 2. The molecule has 8 heavy (non-hydrogen) atoms. The molecule has 0 saturated carbocycles. The van der Waals surface area contributed by atoms with Crippen LogP contribution in [-0.2, 0) is 21.9 Å². The Morgan fingerprint density at radius 2 is 1.75 bits per heavy atom. The summed E-state index contributed by atoms with van der Waals surface area (Å²) < 4.78 is 0. The van der Waals surface area contributed by atoms with Crippen molar-refractivity contribution in [3.63, 3.8) is 0 Å². The molecular weight excluding hydrogens is 163 g/mol. The molecule has 0 spiro atoms. The van der Waals surface area contributed by atoms with Crippen LogP contribution in [0.15, 0.2) is 0 Å². The van der Waals surface area contributed by atoms with Gasteiger partial charge in [-0.05, 0) is 6.92 Å². The van der Waals surface area contributed by atoms with E-state index in [-0.39, 0.29) is 46.6 Å². The van der Waals surface area contributed by atoms with Crippen molar-refractivity contribution in [3.8, 4) is 0 Å². The fraction of sp³-hybridized carbons (Fsp3) is 0.667. The van der Waals surface area contributed by atoms with E-state index in [2.05, 4.69) is 0 Å². The summed E-state index contributed by atoms with van der Waals surface area (Å²) in [5, 5.41) is 15.8. The van der Waals surface area contributed by atoms with Crippen LogP contribution in [0.2, 0.25) is 0 Å². The maximum atomic E-state index is 9.45. The van der Waals surface area contributed by atoms with Crippen LogP contribution in [0.5, 0.6) is 0 Å². The Hall–Kier alpha value is 0.949. The van der Waals surface area contributed by atoms with Crippen molar-refractivity contribution in [2.75, 3.05) is 0 Å². The van der Waals surface area contributed by atoms with Crippen LogP contribution in [0, 0.1) is 0 Å². The molecule has 1 unspecified atom stereocenters. The molecule has 0 aliphatic carbocycles. The standard InChI is InChI=1S/C3H6O3.Fe.Na.H/c1-2(4)3(5)6;;;/h2,4H,1H3,(H,5,6);;;. The molecular formula is C3H7FeNaO3. The minimum atomic E-state index is -1.23. The van der Waals surface area contributed by atoms with E-state index in [1.165, 1.54) is 6.92 Å². The Balaban J connectivity index is -0.000000125. The third-order valence-corrected chi connectivity index (χ3v) is 0.357. The van der Waals surface area contributed by atoms with Gasteiger partial charge in [-0.2, -0.15) is 0 Å². The van der Waals surface area contributed by atoms with Crippen molar-refractivity contribution < 1.29 is 32.1 Å². The van der Waals surface area contributed by atoms with Gasteiger partial charge >= 0.3 is 35.5 Å². The molecule has 0 bridgehead atoms. The monoisotopic (exact) mass is 170 g/mol. The average molecular weight is 170 g/mol. The molecule has 5 heteroatoms. The summed E-state index contributed by atoms with van der Waals surface area (Å²) in [5.41, 5.74) is 0. The van der Waals surface area contributed by atoms with Gasteiger partial charge in [-0.25, -0.2) is 4.79 Å². The summed E-state index contributed by atoms with van der Waals surface area (Å²) in [7, 11) is 0. The second-order valence-electron chi connectivity index (χ2n) is 1.01. The predicted molar refractivity (Wildman–Crippen MR) is 26.5 cm³/mol. The van der Waals surface area contributed by atoms with Crippen molar-refractivity contribution in [3.05, 3.63) is 0 Å². The van der Waals surface area contributed by atoms with Crippen LogP contribution in [0.3, 0.4) is 0 Å². The third-order valence-electron chi connectivity index (χ3n) is 0.357. The van der Waals surface area contributed by atoms with Crippen molar-refractivity contribution >= 4 is 35.5 Å². The van der Waals surface area contributed by atoms with E-state index in [1.54, 1.807) is 0 Å². The molecule has 0 aromatic heterocycles. The van der Waals surface area contributed by atoms with Crippen molar-refractivity contribution in [2.24, 2.45) is 0 Å². The van der Waals surface area contributed by atoms with E-state index >= 15 is 0 Å². The van der Waals surface area contributed by atoms with E-state index < -0.39 is 12.1 Å². The number of carboxylic acids is 1. The SMILES string of the molecule is CC(O)C(=O)O.[Fe].[NaH]. The Bertz CT molecular complexity index is 65.5. The molecule has 0 amide bonds. The normalized spacial score (nSPS) is 10.2. The second-order valence-corrected chi connectivity index (χ2v) is 1.01. The van der Waals surface area contributed by atoms with Gasteiger partial charge in [-0.15, -0.1) is 0 Å². The van der Waals surface area contributed by atoms with Crippen LogP contribution in [0.1, 0.15) is 6.92 Å². The molecule has 0 aromatic rings. The molecule has 0 aliphatic rings. The van der Waals surface area contributed by atoms with Crippen molar-refractivity contribution in [2.45, 2.75) is 13.0 Å². The molecule has 0 fully saturated rings. The quantitative estimate of drug-likeness (QED) is 0.486.